The number of amides is 1. The molecule has 30 heavy (non-hydrogen) atoms. The molecule has 2 heterocycles. The summed E-state index contributed by atoms with van der Waals surface area (Å²) in [4.78, 5) is 21.6. The highest BCUT2D eigenvalue weighted by molar-refractivity contribution is 5.76. The molecule has 1 amide bonds. The Bertz CT molecular complexity index is 826. The number of hydrogen-bond donors (Lipinski definition) is 0. The second-order valence-electron chi connectivity index (χ2n) is 9.57. The van der Waals surface area contributed by atoms with E-state index in [0.717, 1.165) is 25.9 Å². The molecule has 4 rings (SSSR count). The fourth-order valence-corrected chi connectivity index (χ4v) is 5.64. The van der Waals surface area contributed by atoms with Gasteiger partial charge in [0.2, 0.25) is 5.91 Å². The van der Waals surface area contributed by atoms with E-state index in [1.807, 2.05) is 12.3 Å². The maximum Gasteiger partial charge on any atom is 0.222 e. The van der Waals surface area contributed by atoms with Crippen LogP contribution in [0.2, 0.25) is 0 Å². The van der Waals surface area contributed by atoms with E-state index in [1.165, 1.54) is 43.2 Å². The van der Waals surface area contributed by atoms with E-state index in [0.29, 0.717) is 17.7 Å². The second-order valence-corrected chi connectivity index (χ2v) is 9.57. The van der Waals surface area contributed by atoms with E-state index in [-0.39, 0.29) is 5.54 Å². The molecule has 0 bridgehead atoms. The summed E-state index contributed by atoms with van der Waals surface area (Å²) < 4.78 is 0. The Hall–Kier alpha value is -2.20. The lowest BCUT2D eigenvalue weighted by molar-refractivity contribution is -0.130. The number of rotatable bonds is 6. The lowest BCUT2D eigenvalue weighted by Gasteiger charge is -2.49. The molecule has 1 aliphatic carbocycles. The zero-order valence-corrected chi connectivity index (χ0v) is 18.5. The molecule has 1 aliphatic heterocycles. The standard InChI is InChI=1S/C26H35N3O/c1-28(2)26(23-10-4-3-5-11-23)15-13-25(14-16-26)17-19-29(21-25)24(30)12-6-8-22-9-7-18-27-20-22/h3-5,7,9-11,18,20H,6,8,12-17,19,21H2,1-2H3. The van der Waals surface area contributed by atoms with E-state index >= 15 is 0 Å². The van der Waals surface area contributed by atoms with Crippen molar-refractivity contribution in [1.82, 2.24) is 14.8 Å². The molecular formula is C26H35N3O. The Balaban J connectivity index is 1.32. The van der Waals surface area contributed by atoms with Crippen molar-refractivity contribution in [2.45, 2.75) is 56.9 Å². The van der Waals surface area contributed by atoms with E-state index in [2.05, 4.69) is 65.3 Å². The average molecular weight is 406 g/mol. The van der Waals surface area contributed by atoms with Crippen LogP contribution in [0.5, 0.6) is 0 Å². The summed E-state index contributed by atoms with van der Waals surface area (Å²) in [6, 6.07) is 15.0. The number of benzene rings is 1. The Morgan fingerprint density at radius 3 is 2.47 bits per heavy atom. The van der Waals surface area contributed by atoms with Crippen LogP contribution in [-0.4, -0.2) is 47.9 Å². The molecule has 2 aliphatic rings. The van der Waals surface area contributed by atoms with Gasteiger partial charge in [-0.05, 0) is 81.6 Å². The van der Waals surface area contributed by atoms with Crippen molar-refractivity contribution >= 4 is 5.91 Å². The topological polar surface area (TPSA) is 36.4 Å². The number of likely N-dealkylation sites (tertiary alicyclic amines) is 1. The fraction of sp³-hybridized carbons (Fsp3) is 0.538. The van der Waals surface area contributed by atoms with Crippen LogP contribution < -0.4 is 0 Å². The largest absolute Gasteiger partial charge is 0.342 e. The molecule has 0 N–H and O–H groups in total. The first kappa shape index (κ1) is 21.0. The van der Waals surface area contributed by atoms with E-state index in [1.54, 1.807) is 6.20 Å². The summed E-state index contributed by atoms with van der Waals surface area (Å²) in [5.74, 6) is 0.336. The molecular weight excluding hydrogens is 370 g/mol. The minimum atomic E-state index is 0.133. The summed E-state index contributed by atoms with van der Waals surface area (Å²) in [7, 11) is 4.44. The summed E-state index contributed by atoms with van der Waals surface area (Å²) >= 11 is 0. The van der Waals surface area contributed by atoms with Gasteiger partial charge in [-0.2, -0.15) is 0 Å². The van der Waals surface area contributed by atoms with Gasteiger partial charge in [0.05, 0.1) is 0 Å². The number of carbonyl (C=O) groups excluding carboxylic acids is 1. The van der Waals surface area contributed by atoms with Gasteiger partial charge in [-0.15, -0.1) is 0 Å². The van der Waals surface area contributed by atoms with Crippen LogP contribution in [0.3, 0.4) is 0 Å². The van der Waals surface area contributed by atoms with Crippen LogP contribution >= 0.6 is 0 Å². The number of pyridine rings is 1. The molecule has 2 aromatic rings. The summed E-state index contributed by atoms with van der Waals surface area (Å²) in [6.45, 7) is 1.89. The second kappa shape index (κ2) is 8.89. The summed E-state index contributed by atoms with van der Waals surface area (Å²) in [5, 5.41) is 0. The molecule has 4 nitrogen and oxygen atoms in total. The van der Waals surface area contributed by atoms with Gasteiger partial charge in [0.1, 0.15) is 0 Å². The summed E-state index contributed by atoms with van der Waals surface area (Å²) in [6.07, 6.45) is 12.1. The molecule has 160 valence electrons. The number of carbonyl (C=O) groups is 1. The molecule has 1 saturated carbocycles. The molecule has 0 unspecified atom stereocenters. The van der Waals surface area contributed by atoms with Gasteiger partial charge in [-0.1, -0.05) is 36.4 Å². The van der Waals surface area contributed by atoms with Crippen molar-refractivity contribution in [3.8, 4) is 0 Å². The predicted molar refractivity (Wildman–Crippen MR) is 121 cm³/mol. The zero-order chi connectivity index (χ0) is 21.0. The van der Waals surface area contributed by atoms with Crippen molar-refractivity contribution in [1.29, 1.82) is 0 Å². The van der Waals surface area contributed by atoms with Crippen molar-refractivity contribution in [3.05, 3.63) is 66.0 Å². The van der Waals surface area contributed by atoms with Crippen LogP contribution in [0.25, 0.3) is 0 Å². The number of aromatic nitrogens is 1. The van der Waals surface area contributed by atoms with Gasteiger partial charge in [0.25, 0.3) is 0 Å². The smallest absolute Gasteiger partial charge is 0.222 e. The van der Waals surface area contributed by atoms with Crippen LogP contribution in [-0.2, 0) is 16.8 Å². The van der Waals surface area contributed by atoms with Crippen molar-refractivity contribution in [2.24, 2.45) is 5.41 Å². The Morgan fingerprint density at radius 1 is 1.03 bits per heavy atom. The Labute approximate surface area is 181 Å². The highest BCUT2D eigenvalue weighted by atomic mass is 16.2. The molecule has 1 aromatic heterocycles. The van der Waals surface area contributed by atoms with Crippen molar-refractivity contribution < 1.29 is 4.79 Å². The number of hydrogen-bond acceptors (Lipinski definition) is 3. The first-order valence-corrected chi connectivity index (χ1v) is 11.4. The van der Waals surface area contributed by atoms with Crippen LogP contribution in [0.1, 0.15) is 56.1 Å². The van der Waals surface area contributed by atoms with Gasteiger partial charge >= 0.3 is 0 Å². The molecule has 1 spiro atoms. The van der Waals surface area contributed by atoms with Gasteiger partial charge < -0.3 is 4.90 Å². The number of aryl methyl sites for hydroxylation is 1. The predicted octanol–water partition coefficient (Wildman–Crippen LogP) is 4.65. The van der Waals surface area contributed by atoms with Crippen LogP contribution in [0, 0.1) is 5.41 Å². The maximum atomic E-state index is 12.8. The zero-order valence-electron chi connectivity index (χ0n) is 18.5. The third kappa shape index (κ3) is 4.29. The third-order valence-corrected chi connectivity index (χ3v) is 7.67. The number of nitrogens with zero attached hydrogens (tertiary/aromatic N) is 3. The lowest BCUT2D eigenvalue weighted by Crippen LogP contribution is -2.47. The minimum absolute atomic E-state index is 0.133. The fourth-order valence-electron chi connectivity index (χ4n) is 5.64. The van der Waals surface area contributed by atoms with Crippen LogP contribution in [0.15, 0.2) is 54.9 Å². The average Bonchev–Trinajstić information content (AvgIpc) is 3.19. The van der Waals surface area contributed by atoms with Gasteiger partial charge in [0.15, 0.2) is 0 Å². The first-order chi connectivity index (χ1) is 14.5. The SMILES string of the molecule is CN(C)C1(c2ccccc2)CCC2(CCN(C(=O)CCCc3cccnc3)C2)CC1. The molecule has 1 saturated heterocycles. The van der Waals surface area contributed by atoms with E-state index in [4.69, 9.17) is 0 Å². The third-order valence-electron chi connectivity index (χ3n) is 7.67. The Morgan fingerprint density at radius 2 is 1.80 bits per heavy atom. The van der Waals surface area contributed by atoms with Crippen LogP contribution in [0.4, 0.5) is 0 Å². The quantitative estimate of drug-likeness (QED) is 0.702. The molecule has 4 heteroatoms. The van der Waals surface area contributed by atoms with Crippen molar-refractivity contribution in [2.75, 3.05) is 27.2 Å². The highest BCUT2D eigenvalue weighted by Gasteiger charge is 2.48. The summed E-state index contributed by atoms with van der Waals surface area (Å²) in [5.41, 5.74) is 3.11. The first-order valence-electron chi connectivity index (χ1n) is 11.4. The Kier molecular flexibility index (Phi) is 6.24. The lowest BCUT2D eigenvalue weighted by atomic mass is 9.64. The normalized spacial score (nSPS) is 26.4. The molecule has 2 fully saturated rings. The minimum Gasteiger partial charge on any atom is -0.342 e. The van der Waals surface area contributed by atoms with Crippen molar-refractivity contribution in [3.63, 3.8) is 0 Å². The molecule has 0 atom stereocenters. The monoisotopic (exact) mass is 405 g/mol. The van der Waals surface area contributed by atoms with Gasteiger partial charge in [0, 0.05) is 37.4 Å². The maximum absolute atomic E-state index is 12.8. The molecule has 0 radical (unpaired) electrons. The van der Waals surface area contributed by atoms with Gasteiger partial charge in [-0.25, -0.2) is 0 Å². The molecule has 1 aromatic carbocycles. The van der Waals surface area contributed by atoms with E-state index < -0.39 is 0 Å². The van der Waals surface area contributed by atoms with E-state index in [9.17, 15) is 4.79 Å². The highest BCUT2D eigenvalue weighted by Crippen LogP contribution is 2.51. The van der Waals surface area contributed by atoms with Gasteiger partial charge in [-0.3, -0.25) is 14.7 Å².